The number of phenols is 1. The fourth-order valence-electron chi connectivity index (χ4n) is 2.02. The average molecular weight is 249 g/mol. The van der Waals surface area contributed by atoms with Crippen LogP contribution in [0.4, 0.5) is 0 Å². The third-order valence-corrected chi connectivity index (χ3v) is 2.98. The van der Waals surface area contributed by atoms with Gasteiger partial charge in [-0.15, -0.1) is 0 Å². The summed E-state index contributed by atoms with van der Waals surface area (Å²) in [6.45, 7) is 1.83. The standard InChI is InChI=1S/C11H12BNO5/c1-6-5-7-3-4-8(14)9(11(15)17-2)10(7)18-12(6)13-16/h3-4,6,14H,5H2,1-2H3. The molecule has 1 unspecified atom stereocenters. The number of nitrogens with zero attached hydrogens (tertiary/aromatic N) is 1. The summed E-state index contributed by atoms with van der Waals surface area (Å²) in [5.41, 5.74) is 0.691. The zero-order valence-electron chi connectivity index (χ0n) is 10.0. The predicted octanol–water partition coefficient (Wildman–Crippen LogP) is 1.76. The van der Waals surface area contributed by atoms with E-state index in [2.05, 4.69) is 9.82 Å². The minimum Gasteiger partial charge on any atom is -0.537 e. The van der Waals surface area contributed by atoms with Crippen molar-refractivity contribution in [2.75, 3.05) is 7.11 Å². The van der Waals surface area contributed by atoms with Gasteiger partial charge in [-0.05, 0) is 18.1 Å². The Labute approximate surface area is 104 Å². The first-order valence-electron chi connectivity index (χ1n) is 5.50. The first-order valence-corrected chi connectivity index (χ1v) is 5.50. The molecular weight excluding hydrogens is 237 g/mol. The van der Waals surface area contributed by atoms with Gasteiger partial charge in [0.2, 0.25) is 0 Å². The van der Waals surface area contributed by atoms with E-state index in [-0.39, 0.29) is 22.9 Å². The fraction of sp³-hybridized carbons (Fsp3) is 0.364. The molecule has 0 fully saturated rings. The van der Waals surface area contributed by atoms with Crippen molar-refractivity contribution in [1.82, 2.24) is 0 Å². The number of esters is 1. The maximum absolute atomic E-state index is 11.6. The lowest BCUT2D eigenvalue weighted by Gasteiger charge is -2.26. The Kier molecular flexibility index (Phi) is 3.22. The molecule has 0 radical (unpaired) electrons. The highest BCUT2D eigenvalue weighted by Crippen LogP contribution is 2.39. The first kappa shape index (κ1) is 12.4. The second-order valence-corrected chi connectivity index (χ2v) is 4.23. The van der Waals surface area contributed by atoms with E-state index in [1.165, 1.54) is 13.2 Å². The molecule has 0 aromatic heterocycles. The van der Waals surface area contributed by atoms with Crippen LogP contribution < -0.4 is 4.65 Å². The Balaban J connectivity index is 2.53. The van der Waals surface area contributed by atoms with Crippen LogP contribution in [0.15, 0.2) is 17.2 Å². The number of hydrogen-bond donors (Lipinski definition) is 1. The van der Waals surface area contributed by atoms with E-state index >= 15 is 0 Å². The van der Waals surface area contributed by atoms with Crippen LogP contribution in [0.3, 0.4) is 0 Å². The molecule has 0 spiro atoms. The van der Waals surface area contributed by atoms with Crippen LogP contribution in [0.1, 0.15) is 22.8 Å². The van der Waals surface area contributed by atoms with Crippen molar-refractivity contribution in [3.63, 3.8) is 0 Å². The maximum atomic E-state index is 11.6. The van der Waals surface area contributed by atoms with Crippen molar-refractivity contribution in [2.45, 2.75) is 19.2 Å². The summed E-state index contributed by atoms with van der Waals surface area (Å²) in [6, 6.07) is 3.07. The number of carbonyl (C=O) groups excluding carboxylic acids is 1. The number of hydrogen-bond acceptors (Lipinski definition) is 6. The predicted molar refractivity (Wildman–Crippen MR) is 64.8 cm³/mol. The van der Waals surface area contributed by atoms with Crippen LogP contribution >= 0.6 is 0 Å². The summed E-state index contributed by atoms with van der Waals surface area (Å²) in [6.07, 6.45) is 0.552. The number of aromatic hydroxyl groups is 1. The second-order valence-electron chi connectivity index (χ2n) is 4.23. The zero-order chi connectivity index (χ0) is 13.3. The van der Waals surface area contributed by atoms with E-state index < -0.39 is 13.0 Å². The van der Waals surface area contributed by atoms with Gasteiger partial charge in [0.1, 0.15) is 17.1 Å². The minimum atomic E-state index is -0.859. The van der Waals surface area contributed by atoms with Crippen molar-refractivity contribution in [2.24, 2.45) is 5.09 Å². The SMILES string of the molecule is COC(=O)c1c(O)ccc2c1OB(N=O)C(C)C2. The molecule has 6 nitrogen and oxygen atoms in total. The van der Waals surface area contributed by atoms with Gasteiger partial charge < -0.3 is 14.5 Å². The van der Waals surface area contributed by atoms with Crippen LogP contribution in [-0.2, 0) is 11.2 Å². The van der Waals surface area contributed by atoms with E-state index in [1.54, 1.807) is 6.07 Å². The number of phenolic OH excluding ortho intramolecular Hbond substituents is 1. The van der Waals surface area contributed by atoms with Gasteiger partial charge >= 0.3 is 13.0 Å². The highest BCUT2D eigenvalue weighted by atomic mass is 16.5. The molecule has 0 bridgehead atoms. The molecule has 2 rings (SSSR count). The maximum Gasteiger partial charge on any atom is 0.550 e. The lowest BCUT2D eigenvalue weighted by molar-refractivity contribution is 0.0594. The molecule has 1 aromatic rings. The molecule has 0 amide bonds. The normalized spacial score (nSPS) is 17.7. The Bertz CT molecular complexity index is 504. The van der Waals surface area contributed by atoms with Crippen molar-refractivity contribution in [3.8, 4) is 11.5 Å². The van der Waals surface area contributed by atoms with Crippen LogP contribution in [0.25, 0.3) is 0 Å². The number of rotatable bonds is 2. The molecule has 0 saturated heterocycles. The first-order chi connectivity index (χ1) is 8.58. The van der Waals surface area contributed by atoms with Crippen molar-refractivity contribution < 1.29 is 19.3 Å². The molecule has 1 atom stereocenters. The van der Waals surface area contributed by atoms with Crippen molar-refractivity contribution in [1.29, 1.82) is 0 Å². The van der Waals surface area contributed by atoms with Gasteiger partial charge in [-0.25, -0.2) is 4.79 Å². The summed E-state index contributed by atoms with van der Waals surface area (Å²) in [5, 5.41) is 12.6. The summed E-state index contributed by atoms with van der Waals surface area (Å²) in [7, 11) is 0.352. The average Bonchev–Trinajstić information content (AvgIpc) is 2.37. The summed E-state index contributed by atoms with van der Waals surface area (Å²) in [4.78, 5) is 22.3. The number of ether oxygens (including phenoxy) is 1. The van der Waals surface area contributed by atoms with Gasteiger partial charge in [-0.3, -0.25) is 0 Å². The van der Waals surface area contributed by atoms with Gasteiger partial charge in [0.15, 0.2) is 0 Å². The summed E-state index contributed by atoms with van der Waals surface area (Å²) in [5.74, 6) is -0.835. The molecular formula is C11H12BNO5. The Morgan fingerprint density at radius 3 is 2.94 bits per heavy atom. The molecule has 0 aliphatic carbocycles. The van der Waals surface area contributed by atoms with E-state index in [0.29, 0.717) is 6.42 Å². The smallest absolute Gasteiger partial charge is 0.537 e. The van der Waals surface area contributed by atoms with E-state index in [1.807, 2.05) is 6.92 Å². The van der Waals surface area contributed by atoms with Gasteiger partial charge in [0.05, 0.1) is 7.11 Å². The highest BCUT2D eigenvalue weighted by molar-refractivity contribution is 6.52. The molecule has 1 aliphatic heterocycles. The molecule has 1 N–H and O–H groups in total. The van der Waals surface area contributed by atoms with Crippen LogP contribution in [0.2, 0.25) is 5.82 Å². The van der Waals surface area contributed by atoms with Crippen LogP contribution in [0, 0.1) is 4.91 Å². The number of nitroso groups, excluding NO2 is 1. The fourth-order valence-corrected chi connectivity index (χ4v) is 2.02. The topological polar surface area (TPSA) is 85.2 Å². The third-order valence-electron chi connectivity index (χ3n) is 2.98. The summed E-state index contributed by atoms with van der Waals surface area (Å²) < 4.78 is 9.98. The Morgan fingerprint density at radius 1 is 1.61 bits per heavy atom. The third kappa shape index (κ3) is 1.92. The molecule has 1 heterocycles. The zero-order valence-corrected chi connectivity index (χ0v) is 10.0. The van der Waals surface area contributed by atoms with Crippen LogP contribution in [-0.4, -0.2) is 25.2 Å². The van der Waals surface area contributed by atoms with Gasteiger partial charge in [-0.2, -0.15) is 4.91 Å². The van der Waals surface area contributed by atoms with E-state index in [0.717, 1.165) is 5.56 Å². The molecule has 7 heteroatoms. The lowest BCUT2D eigenvalue weighted by atomic mass is 9.64. The largest absolute Gasteiger partial charge is 0.550 e. The van der Waals surface area contributed by atoms with Gasteiger partial charge in [-0.1, -0.05) is 18.1 Å². The number of carbonyl (C=O) groups is 1. The number of methoxy groups -OCH3 is 1. The second kappa shape index (κ2) is 4.68. The van der Waals surface area contributed by atoms with E-state index in [4.69, 9.17) is 4.65 Å². The van der Waals surface area contributed by atoms with Crippen molar-refractivity contribution in [3.05, 3.63) is 28.2 Å². The number of fused-ring (bicyclic) bond motifs is 1. The molecule has 0 saturated carbocycles. The van der Waals surface area contributed by atoms with E-state index in [9.17, 15) is 14.8 Å². The molecule has 1 aliphatic rings. The van der Waals surface area contributed by atoms with Crippen molar-refractivity contribution >= 4 is 13.0 Å². The molecule has 94 valence electrons. The van der Waals surface area contributed by atoms with Crippen LogP contribution in [0.5, 0.6) is 11.5 Å². The minimum absolute atomic E-state index is 0.0597. The van der Waals surface area contributed by atoms with Gasteiger partial charge in [0.25, 0.3) is 0 Å². The number of benzene rings is 1. The Morgan fingerprint density at radius 2 is 2.33 bits per heavy atom. The highest BCUT2D eigenvalue weighted by Gasteiger charge is 2.37. The monoisotopic (exact) mass is 249 g/mol. The Hall–Kier alpha value is -2.05. The molecule has 1 aromatic carbocycles. The summed E-state index contributed by atoms with van der Waals surface area (Å²) >= 11 is 0. The molecule has 18 heavy (non-hydrogen) atoms. The lowest BCUT2D eigenvalue weighted by Crippen LogP contribution is -2.31. The van der Waals surface area contributed by atoms with Gasteiger partial charge in [0, 0.05) is 5.82 Å². The quantitative estimate of drug-likeness (QED) is 0.490.